The van der Waals surface area contributed by atoms with Gasteiger partial charge in [0.05, 0.1) is 12.2 Å². The first-order valence-corrected chi connectivity index (χ1v) is 9.49. The lowest BCUT2D eigenvalue weighted by molar-refractivity contribution is 0.118. The molecule has 3 heterocycles. The molecule has 7 heteroatoms. The maximum absolute atomic E-state index is 12.2. The molecule has 0 saturated carbocycles. The Morgan fingerprint density at radius 1 is 1.00 bits per heavy atom. The molecule has 0 spiro atoms. The molecule has 1 aliphatic rings. The van der Waals surface area contributed by atoms with Gasteiger partial charge >= 0.3 is 0 Å². The molecule has 0 amide bonds. The van der Waals surface area contributed by atoms with Crippen LogP contribution in [-0.4, -0.2) is 68.6 Å². The van der Waals surface area contributed by atoms with Gasteiger partial charge in [-0.2, -0.15) is 5.10 Å². The topological polar surface area (TPSA) is 59.2 Å². The SMILES string of the molecule is Cc1cc(C)n(-c2ccc(=O)n(CCN3CCN(CC(C)C)CC3)n2)n1. The molecule has 7 nitrogen and oxygen atoms in total. The van der Waals surface area contributed by atoms with E-state index in [9.17, 15) is 4.79 Å². The Morgan fingerprint density at radius 3 is 2.31 bits per heavy atom. The fourth-order valence-electron chi connectivity index (χ4n) is 3.52. The molecule has 0 atom stereocenters. The Bertz CT molecular complexity index is 786. The summed E-state index contributed by atoms with van der Waals surface area (Å²) in [5.74, 6) is 1.40. The fourth-order valence-corrected chi connectivity index (χ4v) is 3.52. The van der Waals surface area contributed by atoms with Crippen LogP contribution in [0.5, 0.6) is 0 Å². The van der Waals surface area contributed by atoms with E-state index in [1.165, 1.54) is 6.54 Å². The van der Waals surface area contributed by atoms with Crippen LogP contribution in [0, 0.1) is 19.8 Å². The van der Waals surface area contributed by atoms with Crippen molar-refractivity contribution in [2.45, 2.75) is 34.2 Å². The Balaban J connectivity index is 1.61. The number of aromatic nitrogens is 4. The van der Waals surface area contributed by atoms with Crippen molar-refractivity contribution in [3.05, 3.63) is 39.9 Å². The van der Waals surface area contributed by atoms with Crippen LogP contribution >= 0.6 is 0 Å². The van der Waals surface area contributed by atoms with Gasteiger partial charge in [-0.3, -0.25) is 9.69 Å². The van der Waals surface area contributed by atoms with Crippen molar-refractivity contribution in [3.8, 4) is 5.82 Å². The maximum Gasteiger partial charge on any atom is 0.266 e. The molecule has 0 unspecified atom stereocenters. The molecule has 1 saturated heterocycles. The summed E-state index contributed by atoms with van der Waals surface area (Å²) in [6.45, 7) is 15.4. The quantitative estimate of drug-likeness (QED) is 0.779. The summed E-state index contributed by atoms with van der Waals surface area (Å²) in [6, 6.07) is 5.33. The number of nitrogens with zero attached hydrogens (tertiary/aromatic N) is 6. The number of piperazine rings is 1. The molecule has 142 valence electrons. The van der Waals surface area contributed by atoms with Crippen LogP contribution < -0.4 is 5.56 Å². The Morgan fingerprint density at radius 2 is 1.69 bits per heavy atom. The van der Waals surface area contributed by atoms with E-state index < -0.39 is 0 Å². The molecule has 2 aromatic rings. The van der Waals surface area contributed by atoms with E-state index in [0.717, 1.165) is 44.1 Å². The molecule has 0 radical (unpaired) electrons. The standard InChI is InChI=1S/C19H30N6O/c1-15(2)14-23-9-7-22(8-10-23)11-12-24-19(26)6-5-18(21-24)25-17(4)13-16(3)20-25/h5-6,13,15H,7-12,14H2,1-4H3. The monoisotopic (exact) mass is 358 g/mol. The minimum Gasteiger partial charge on any atom is -0.301 e. The van der Waals surface area contributed by atoms with Crippen LogP contribution in [0.25, 0.3) is 5.82 Å². The minimum absolute atomic E-state index is 0.0614. The molecule has 0 bridgehead atoms. The number of aryl methyl sites for hydroxylation is 2. The summed E-state index contributed by atoms with van der Waals surface area (Å²) in [5.41, 5.74) is 1.90. The molecule has 1 aliphatic heterocycles. The smallest absolute Gasteiger partial charge is 0.266 e. The van der Waals surface area contributed by atoms with Crippen molar-refractivity contribution in [1.82, 2.24) is 29.4 Å². The summed E-state index contributed by atoms with van der Waals surface area (Å²) < 4.78 is 3.35. The average molecular weight is 358 g/mol. The van der Waals surface area contributed by atoms with E-state index in [1.807, 2.05) is 19.9 Å². The Hall–Kier alpha value is -1.99. The van der Waals surface area contributed by atoms with Crippen LogP contribution in [0.1, 0.15) is 25.2 Å². The Labute approximate surface area is 155 Å². The van der Waals surface area contributed by atoms with Gasteiger partial charge in [0, 0.05) is 51.0 Å². The highest BCUT2D eigenvalue weighted by molar-refractivity contribution is 5.23. The molecule has 26 heavy (non-hydrogen) atoms. The van der Waals surface area contributed by atoms with Gasteiger partial charge in [0.25, 0.3) is 5.56 Å². The van der Waals surface area contributed by atoms with E-state index in [-0.39, 0.29) is 5.56 Å². The first-order valence-electron chi connectivity index (χ1n) is 9.49. The highest BCUT2D eigenvalue weighted by atomic mass is 16.1. The van der Waals surface area contributed by atoms with Crippen molar-refractivity contribution < 1.29 is 0 Å². The first kappa shape index (κ1) is 18.8. The molecular weight excluding hydrogens is 328 g/mol. The van der Waals surface area contributed by atoms with Crippen LogP contribution in [0.3, 0.4) is 0 Å². The molecule has 0 N–H and O–H groups in total. The van der Waals surface area contributed by atoms with E-state index in [4.69, 9.17) is 0 Å². The van der Waals surface area contributed by atoms with Gasteiger partial charge in [0.1, 0.15) is 0 Å². The van der Waals surface area contributed by atoms with Crippen molar-refractivity contribution in [3.63, 3.8) is 0 Å². The Kier molecular flexibility index (Phi) is 5.88. The van der Waals surface area contributed by atoms with Crippen LogP contribution in [0.4, 0.5) is 0 Å². The summed E-state index contributed by atoms with van der Waals surface area (Å²) in [4.78, 5) is 17.1. The maximum atomic E-state index is 12.2. The highest BCUT2D eigenvalue weighted by Crippen LogP contribution is 2.08. The molecule has 2 aromatic heterocycles. The summed E-state index contributed by atoms with van der Waals surface area (Å²) >= 11 is 0. The molecule has 0 aliphatic carbocycles. The minimum atomic E-state index is -0.0614. The van der Waals surface area contributed by atoms with Gasteiger partial charge in [-0.15, -0.1) is 5.10 Å². The molecule has 1 fully saturated rings. The highest BCUT2D eigenvalue weighted by Gasteiger charge is 2.17. The first-order chi connectivity index (χ1) is 12.4. The van der Waals surface area contributed by atoms with E-state index in [1.54, 1.807) is 21.5 Å². The number of hydrogen-bond donors (Lipinski definition) is 0. The second-order valence-electron chi connectivity index (χ2n) is 7.63. The van der Waals surface area contributed by atoms with Gasteiger partial charge < -0.3 is 4.90 Å². The van der Waals surface area contributed by atoms with Gasteiger partial charge in [-0.25, -0.2) is 9.36 Å². The van der Waals surface area contributed by atoms with Gasteiger partial charge in [-0.1, -0.05) is 13.8 Å². The fraction of sp³-hybridized carbons (Fsp3) is 0.632. The average Bonchev–Trinajstić information content (AvgIpc) is 2.93. The van der Waals surface area contributed by atoms with Gasteiger partial charge in [-0.05, 0) is 31.9 Å². The summed E-state index contributed by atoms with van der Waals surface area (Å²) in [6.07, 6.45) is 0. The van der Waals surface area contributed by atoms with Crippen molar-refractivity contribution in [2.75, 3.05) is 39.3 Å². The lowest BCUT2D eigenvalue weighted by atomic mass is 10.2. The van der Waals surface area contributed by atoms with Crippen molar-refractivity contribution >= 4 is 0 Å². The zero-order chi connectivity index (χ0) is 18.7. The molecular formula is C19H30N6O. The zero-order valence-electron chi connectivity index (χ0n) is 16.4. The summed E-state index contributed by atoms with van der Waals surface area (Å²) in [5, 5.41) is 8.98. The largest absolute Gasteiger partial charge is 0.301 e. The van der Waals surface area contributed by atoms with Crippen LogP contribution in [0.15, 0.2) is 23.0 Å². The van der Waals surface area contributed by atoms with Crippen molar-refractivity contribution in [2.24, 2.45) is 5.92 Å². The zero-order valence-corrected chi connectivity index (χ0v) is 16.4. The van der Waals surface area contributed by atoms with E-state index >= 15 is 0 Å². The van der Waals surface area contributed by atoms with E-state index in [0.29, 0.717) is 18.3 Å². The number of hydrogen-bond acceptors (Lipinski definition) is 5. The van der Waals surface area contributed by atoms with Crippen LogP contribution in [0.2, 0.25) is 0 Å². The van der Waals surface area contributed by atoms with Gasteiger partial charge in [0.15, 0.2) is 5.82 Å². The lowest BCUT2D eigenvalue weighted by Crippen LogP contribution is -2.48. The third-order valence-corrected chi connectivity index (χ3v) is 4.80. The van der Waals surface area contributed by atoms with Crippen molar-refractivity contribution in [1.29, 1.82) is 0 Å². The van der Waals surface area contributed by atoms with E-state index in [2.05, 4.69) is 33.8 Å². The lowest BCUT2D eigenvalue weighted by Gasteiger charge is -2.35. The second kappa shape index (κ2) is 8.14. The predicted octanol–water partition coefficient (Wildman–Crippen LogP) is 1.32. The van der Waals surface area contributed by atoms with Crippen LogP contribution in [-0.2, 0) is 6.54 Å². The third kappa shape index (κ3) is 4.59. The second-order valence-corrected chi connectivity index (χ2v) is 7.63. The molecule has 3 rings (SSSR count). The van der Waals surface area contributed by atoms with Gasteiger partial charge in [0.2, 0.25) is 0 Å². The normalized spacial score (nSPS) is 16.5. The summed E-state index contributed by atoms with van der Waals surface area (Å²) in [7, 11) is 0. The molecule has 0 aromatic carbocycles. The third-order valence-electron chi connectivity index (χ3n) is 4.80. The predicted molar refractivity (Wildman–Crippen MR) is 103 cm³/mol. The number of rotatable bonds is 6.